The first kappa shape index (κ1) is 13.7. The smallest absolute Gasteiger partial charge is 0.404 e. The largest absolute Gasteiger partial charge is 0.465 e. The summed E-state index contributed by atoms with van der Waals surface area (Å²) < 4.78 is 31.6. The van der Waals surface area contributed by atoms with Gasteiger partial charge in [-0.25, -0.2) is 13.6 Å². The fourth-order valence-corrected chi connectivity index (χ4v) is 1.87. The Morgan fingerprint density at radius 1 is 1.53 bits per heavy atom. The summed E-state index contributed by atoms with van der Waals surface area (Å²) in [5.74, 6) is -1.49. The van der Waals surface area contributed by atoms with Crippen molar-refractivity contribution in [3.8, 4) is 0 Å². The number of aliphatic hydroxyl groups excluding tert-OH is 1. The van der Waals surface area contributed by atoms with E-state index >= 15 is 0 Å². The lowest BCUT2D eigenvalue weighted by molar-refractivity contribution is 0.109. The molecule has 3 N–H and O–H groups in total. The summed E-state index contributed by atoms with van der Waals surface area (Å²) in [7, 11) is 0. The minimum Gasteiger partial charge on any atom is -0.465 e. The van der Waals surface area contributed by atoms with Crippen molar-refractivity contribution in [2.75, 3.05) is 6.61 Å². The van der Waals surface area contributed by atoms with Crippen LogP contribution in [-0.4, -0.2) is 35.1 Å². The van der Waals surface area contributed by atoms with E-state index in [1.165, 1.54) is 0 Å². The van der Waals surface area contributed by atoms with Gasteiger partial charge in [0.15, 0.2) is 0 Å². The molecule has 7 heteroatoms. The summed E-state index contributed by atoms with van der Waals surface area (Å²) >= 11 is 0. The highest BCUT2D eigenvalue weighted by molar-refractivity contribution is 5.65. The number of epoxide rings is 1. The summed E-state index contributed by atoms with van der Waals surface area (Å²) in [5, 5.41) is 20.8. The van der Waals surface area contributed by atoms with Gasteiger partial charge in [0.05, 0.1) is 18.8 Å². The van der Waals surface area contributed by atoms with E-state index in [2.05, 4.69) is 5.32 Å². The second kappa shape index (κ2) is 5.50. The zero-order valence-electron chi connectivity index (χ0n) is 9.85. The Hall–Kier alpha value is -1.73. The Labute approximate surface area is 107 Å². The van der Waals surface area contributed by atoms with Crippen LogP contribution in [0.4, 0.5) is 13.6 Å². The second-order valence-corrected chi connectivity index (χ2v) is 4.36. The van der Waals surface area contributed by atoms with Crippen molar-refractivity contribution >= 4 is 6.09 Å². The van der Waals surface area contributed by atoms with Gasteiger partial charge in [-0.1, -0.05) is 0 Å². The van der Waals surface area contributed by atoms with Crippen molar-refractivity contribution in [2.24, 2.45) is 0 Å². The summed E-state index contributed by atoms with van der Waals surface area (Å²) in [6, 6.07) is 1.71. The molecule has 1 aromatic carbocycles. The molecule has 1 heterocycles. The van der Waals surface area contributed by atoms with E-state index in [1.54, 1.807) is 0 Å². The number of benzene rings is 1. The fourth-order valence-electron chi connectivity index (χ4n) is 1.87. The third-order valence-corrected chi connectivity index (χ3v) is 2.89. The van der Waals surface area contributed by atoms with E-state index in [4.69, 9.17) is 9.84 Å². The van der Waals surface area contributed by atoms with Crippen molar-refractivity contribution in [2.45, 2.75) is 24.7 Å². The topological polar surface area (TPSA) is 82.1 Å². The van der Waals surface area contributed by atoms with Crippen molar-refractivity contribution in [1.82, 2.24) is 5.32 Å². The predicted molar refractivity (Wildman–Crippen MR) is 60.6 cm³/mol. The van der Waals surface area contributed by atoms with Gasteiger partial charge in [-0.15, -0.1) is 0 Å². The van der Waals surface area contributed by atoms with Crippen molar-refractivity contribution in [3.05, 3.63) is 35.4 Å². The van der Waals surface area contributed by atoms with E-state index < -0.39 is 29.9 Å². The third kappa shape index (κ3) is 3.62. The minimum absolute atomic E-state index is 0.164. The van der Waals surface area contributed by atoms with E-state index in [-0.39, 0.29) is 18.1 Å². The molecule has 3 atom stereocenters. The van der Waals surface area contributed by atoms with Crippen LogP contribution in [0.2, 0.25) is 0 Å². The van der Waals surface area contributed by atoms with Crippen molar-refractivity contribution < 1.29 is 28.5 Å². The maximum atomic E-state index is 13.5. The lowest BCUT2D eigenvalue weighted by Gasteiger charge is -2.23. The predicted octanol–water partition coefficient (Wildman–Crippen LogP) is 1.42. The average molecular weight is 273 g/mol. The van der Waals surface area contributed by atoms with Crippen LogP contribution in [0.3, 0.4) is 0 Å². The molecule has 1 aliphatic heterocycles. The SMILES string of the molecule is O=C(O)NC(C[C@H]1CO1)C(O)c1cc(F)ccc1F. The van der Waals surface area contributed by atoms with Gasteiger partial charge in [-0.3, -0.25) is 0 Å². The molecule has 2 rings (SSSR count). The minimum atomic E-state index is -1.48. The van der Waals surface area contributed by atoms with Gasteiger partial charge < -0.3 is 20.3 Å². The Morgan fingerprint density at radius 3 is 2.79 bits per heavy atom. The summed E-state index contributed by atoms with van der Waals surface area (Å²) in [6.45, 7) is 0.468. The molecule has 1 saturated heterocycles. The van der Waals surface area contributed by atoms with Crippen LogP contribution in [0.5, 0.6) is 0 Å². The molecule has 5 nitrogen and oxygen atoms in total. The molecule has 0 aliphatic carbocycles. The van der Waals surface area contributed by atoms with E-state index in [9.17, 15) is 18.7 Å². The highest BCUT2D eigenvalue weighted by Crippen LogP contribution is 2.27. The molecule has 104 valence electrons. The molecule has 19 heavy (non-hydrogen) atoms. The van der Waals surface area contributed by atoms with Crippen molar-refractivity contribution in [3.63, 3.8) is 0 Å². The van der Waals surface area contributed by atoms with Crippen LogP contribution in [0.15, 0.2) is 18.2 Å². The lowest BCUT2D eigenvalue weighted by atomic mass is 9.98. The summed E-state index contributed by atoms with van der Waals surface area (Å²) in [5.41, 5.74) is -0.278. The van der Waals surface area contributed by atoms with Crippen LogP contribution in [0.25, 0.3) is 0 Å². The summed E-state index contributed by atoms with van der Waals surface area (Å²) in [4.78, 5) is 10.7. The molecular formula is C12H13F2NO4. The molecule has 0 radical (unpaired) electrons. The summed E-state index contributed by atoms with van der Waals surface area (Å²) in [6.07, 6.45) is -2.79. The average Bonchev–Trinajstić information content (AvgIpc) is 3.14. The number of rotatable bonds is 5. The third-order valence-electron chi connectivity index (χ3n) is 2.89. The molecule has 1 fully saturated rings. The van der Waals surface area contributed by atoms with E-state index in [1.807, 2.05) is 0 Å². The first-order valence-electron chi connectivity index (χ1n) is 5.71. The quantitative estimate of drug-likeness (QED) is 0.709. The first-order valence-corrected chi connectivity index (χ1v) is 5.71. The highest BCUT2D eigenvalue weighted by Gasteiger charge is 2.33. The van der Waals surface area contributed by atoms with Gasteiger partial charge in [0.2, 0.25) is 0 Å². The van der Waals surface area contributed by atoms with Crippen molar-refractivity contribution in [1.29, 1.82) is 0 Å². The number of carboxylic acid groups (broad SMARTS) is 1. The number of hydrogen-bond donors (Lipinski definition) is 3. The van der Waals surface area contributed by atoms with Gasteiger partial charge in [-0.2, -0.15) is 0 Å². The molecular weight excluding hydrogens is 260 g/mol. The molecule has 1 aliphatic rings. The second-order valence-electron chi connectivity index (χ2n) is 4.36. The van der Waals surface area contributed by atoms with Crippen LogP contribution in [0.1, 0.15) is 18.1 Å². The van der Waals surface area contributed by atoms with Gasteiger partial charge >= 0.3 is 6.09 Å². The molecule has 2 unspecified atom stereocenters. The van der Waals surface area contributed by atoms with E-state index in [0.717, 1.165) is 18.2 Å². The Balaban J connectivity index is 2.18. The number of hydrogen-bond acceptors (Lipinski definition) is 3. The highest BCUT2D eigenvalue weighted by atomic mass is 19.1. The zero-order chi connectivity index (χ0) is 14.0. The first-order chi connectivity index (χ1) is 8.97. The number of halogens is 2. The Morgan fingerprint density at radius 2 is 2.21 bits per heavy atom. The van der Waals surface area contributed by atoms with Gasteiger partial charge in [-0.05, 0) is 24.6 Å². The fraction of sp³-hybridized carbons (Fsp3) is 0.417. The molecule has 0 bridgehead atoms. The number of amides is 1. The molecule has 0 spiro atoms. The zero-order valence-corrected chi connectivity index (χ0v) is 9.85. The maximum Gasteiger partial charge on any atom is 0.404 e. The van der Waals surface area contributed by atoms with Gasteiger partial charge in [0, 0.05) is 5.56 Å². The number of carbonyl (C=O) groups is 1. The Bertz CT molecular complexity index is 479. The van der Waals surface area contributed by atoms with Crippen LogP contribution in [-0.2, 0) is 4.74 Å². The number of nitrogens with one attached hydrogen (secondary N) is 1. The molecule has 1 aromatic rings. The molecule has 0 aromatic heterocycles. The standard InChI is InChI=1S/C12H13F2NO4/c13-6-1-2-9(14)8(3-6)11(16)10(15-12(17)18)4-7-5-19-7/h1-3,7,10-11,15-16H,4-5H2,(H,17,18)/t7-,10?,11?/m0/s1. The molecule has 1 amide bonds. The van der Waals surface area contributed by atoms with Crippen LogP contribution in [0, 0.1) is 11.6 Å². The molecule has 0 saturated carbocycles. The van der Waals surface area contributed by atoms with E-state index in [0.29, 0.717) is 6.61 Å². The van der Waals surface area contributed by atoms with Crippen LogP contribution >= 0.6 is 0 Å². The van der Waals surface area contributed by atoms with Gasteiger partial charge in [0.1, 0.15) is 17.7 Å². The Kier molecular flexibility index (Phi) is 3.96. The monoisotopic (exact) mass is 273 g/mol. The lowest BCUT2D eigenvalue weighted by Crippen LogP contribution is -2.39. The maximum absolute atomic E-state index is 13.5. The van der Waals surface area contributed by atoms with Crippen LogP contribution < -0.4 is 5.32 Å². The van der Waals surface area contributed by atoms with Gasteiger partial charge in [0.25, 0.3) is 0 Å². The number of aliphatic hydroxyl groups is 1. The number of ether oxygens (including phenoxy) is 1. The normalized spacial score (nSPS) is 20.7.